The van der Waals surface area contributed by atoms with E-state index in [0.717, 1.165) is 5.92 Å². The molecule has 0 aromatic rings. The Morgan fingerprint density at radius 1 is 0.952 bits per heavy atom. The topological polar surface area (TPSA) is 104 Å². The summed E-state index contributed by atoms with van der Waals surface area (Å²) >= 11 is 3.86. The fourth-order valence-corrected chi connectivity index (χ4v) is 1.03. The molecule has 7 nitrogen and oxygen atoms in total. The van der Waals surface area contributed by atoms with Crippen molar-refractivity contribution in [3.05, 3.63) is 0 Å². The summed E-state index contributed by atoms with van der Waals surface area (Å²) in [7, 11) is 0. The van der Waals surface area contributed by atoms with Crippen LogP contribution in [0.15, 0.2) is 0 Å². The largest absolute Gasteiger partial charge is 0.348 e. The molecule has 0 aromatic heterocycles. The molecule has 3 amide bonds. The predicted molar refractivity (Wildman–Crippen MR) is 84.1 cm³/mol. The van der Waals surface area contributed by atoms with Crippen LogP contribution in [0.2, 0.25) is 0 Å². The summed E-state index contributed by atoms with van der Waals surface area (Å²) in [6.45, 7) is 6.00. The first kappa shape index (κ1) is 21.7. The number of carbonyl (C=O) groups excluding carboxylic acids is 4. The van der Waals surface area contributed by atoms with Crippen LogP contribution >= 0.6 is 12.6 Å². The molecule has 0 aromatic carbocycles. The van der Waals surface area contributed by atoms with Crippen molar-refractivity contribution in [3.63, 3.8) is 0 Å². The highest BCUT2D eigenvalue weighted by molar-refractivity contribution is 7.80. The van der Waals surface area contributed by atoms with Crippen LogP contribution in [0.25, 0.3) is 0 Å². The summed E-state index contributed by atoms with van der Waals surface area (Å²) in [4.78, 5) is 43.0. The molecular weight excluding hydrogens is 294 g/mol. The number of hydrogen-bond acceptors (Lipinski definition) is 5. The van der Waals surface area contributed by atoms with E-state index in [-0.39, 0.29) is 32.0 Å². The third kappa shape index (κ3) is 20.9. The van der Waals surface area contributed by atoms with Gasteiger partial charge in [-0.25, -0.2) is 0 Å². The number of rotatable bonds is 8. The van der Waals surface area contributed by atoms with Gasteiger partial charge in [-0.3, -0.25) is 14.4 Å². The third-order valence-electron chi connectivity index (χ3n) is 1.61. The van der Waals surface area contributed by atoms with E-state index in [9.17, 15) is 19.2 Å². The smallest absolute Gasteiger partial charge is 0.239 e. The third-order valence-corrected chi connectivity index (χ3v) is 1.84. The molecular formula is C13H25N3O4S. The Kier molecular flexibility index (Phi) is 15.3. The van der Waals surface area contributed by atoms with Gasteiger partial charge in [0.25, 0.3) is 0 Å². The Morgan fingerprint density at radius 3 is 1.81 bits per heavy atom. The van der Waals surface area contributed by atoms with Gasteiger partial charge < -0.3 is 20.7 Å². The van der Waals surface area contributed by atoms with Crippen LogP contribution in [0, 0.1) is 5.92 Å². The van der Waals surface area contributed by atoms with E-state index in [2.05, 4.69) is 49.4 Å². The first-order valence-corrected chi connectivity index (χ1v) is 7.31. The fraction of sp³-hybridized carbons (Fsp3) is 0.692. The molecule has 21 heavy (non-hydrogen) atoms. The molecule has 0 heterocycles. The van der Waals surface area contributed by atoms with E-state index in [1.165, 1.54) is 0 Å². The van der Waals surface area contributed by atoms with Crippen molar-refractivity contribution in [2.45, 2.75) is 27.2 Å². The fourth-order valence-electron chi connectivity index (χ4n) is 0.828. The first-order valence-electron chi connectivity index (χ1n) is 6.68. The van der Waals surface area contributed by atoms with Crippen molar-refractivity contribution in [3.8, 4) is 0 Å². The van der Waals surface area contributed by atoms with Gasteiger partial charge in [-0.1, -0.05) is 20.8 Å². The van der Waals surface area contributed by atoms with E-state index < -0.39 is 11.8 Å². The summed E-state index contributed by atoms with van der Waals surface area (Å²) in [5.74, 6) is 0.0214. The second-order valence-corrected chi connectivity index (χ2v) is 5.18. The van der Waals surface area contributed by atoms with Crippen LogP contribution in [0.3, 0.4) is 0 Å². The van der Waals surface area contributed by atoms with E-state index in [4.69, 9.17) is 0 Å². The summed E-state index contributed by atoms with van der Waals surface area (Å²) < 4.78 is 0. The van der Waals surface area contributed by atoms with Crippen molar-refractivity contribution >= 4 is 36.6 Å². The molecule has 0 saturated heterocycles. The van der Waals surface area contributed by atoms with E-state index in [0.29, 0.717) is 12.0 Å². The molecule has 0 bridgehead atoms. The molecule has 0 fully saturated rings. The van der Waals surface area contributed by atoms with Crippen LogP contribution in [0.5, 0.6) is 0 Å². The van der Waals surface area contributed by atoms with Crippen molar-refractivity contribution < 1.29 is 19.2 Å². The quantitative estimate of drug-likeness (QED) is 0.358. The average Bonchev–Trinajstić information content (AvgIpc) is 2.40. The maximum atomic E-state index is 11.1. The number of hydrogen-bond donors (Lipinski definition) is 4. The van der Waals surface area contributed by atoms with Gasteiger partial charge >= 0.3 is 0 Å². The van der Waals surface area contributed by atoms with Gasteiger partial charge in [0, 0.05) is 6.42 Å². The summed E-state index contributed by atoms with van der Waals surface area (Å²) in [5.41, 5.74) is 0. The summed E-state index contributed by atoms with van der Waals surface area (Å²) in [5, 5.41) is 6.90. The molecule has 8 heteroatoms. The number of nitrogens with one attached hydrogen (secondary N) is 3. The Balaban J connectivity index is 0. The van der Waals surface area contributed by atoms with E-state index in [1.54, 1.807) is 0 Å². The highest BCUT2D eigenvalue weighted by Gasteiger charge is 2.06. The molecule has 122 valence electrons. The lowest BCUT2D eigenvalue weighted by atomic mass is 10.3. The molecule has 0 radical (unpaired) electrons. The minimum absolute atomic E-state index is 0.0899. The van der Waals surface area contributed by atoms with Crippen LogP contribution in [0.1, 0.15) is 27.2 Å². The highest BCUT2D eigenvalue weighted by Crippen LogP contribution is 1.82. The molecule has 0 aliphatic carbocycles. The Morgan fingerprint density at radius 2 is 1.38 bits per heavy atom. The Labute approximate surface area is 131 Å². The van der Waals surface area contributed by atoms with E-state index >= 15 is 0 Å². The van der Waals surface area contributed by atoms with Crippen molar-refractivity contribution in [2.75, 3.05) is 25.4 Å². The maximum Gasteiger partial charge on any atom is 0.239 e. The van der Waals surface area contributed by atoms with Gasteiger partial charge in [-0.05, 0) is 11.7 Å². The SMILES string of the molecule is CC(C)C.O=CCNC(=O)CNC(=O)CNC(=O)CCS. The van der Waals surface area contributed by atoms with Gasteiger partial charge in [-0.15, -0.1) is 0 Å². The van der Waals surface area contributed by atoms with Crippen LogP contribution < -0.4 is 16.0 Å². The molecule has 0 rings (SSSR count). The summed E-state index contributed by atoms with van der Waals surface area (Å²) in [6.07, 6.45) is 0.771. The number of thiol groups is 1. The molecule has 0 aliphatic heterocycles. The lowest BCUT2D eigenvalue weighted by Gasteiger charge is -2.06. The van der Waals surface area contributed by atoms with Crippen LogP contribution in [-0.4, -0.2) is 49.4 Å². The number of aldehydes is 1. The highest BCUT2D eigenvalue weighted by atomic mass is 32.1. The van der Waals surface area contributed by atoms with Gasteiger partial charge in [0.15, 0.2) is 0 Å². The first-order chi connectivity index (χ1) is 9.83. The normalized spacial score (nSPS) is 9.19. The standard InChI is InChI=1S/C9H15N3O4S.C4H10/c13-3-2-10-8(15)5-12-9(16)6-11-7(14)1-4-17;1-4(2)3/h3,17H,1-2,4-6H2,(H,10,15)(H,11,14)(H,12,16);4H,1-3H3. The predicted octanol–water partition coefficient (Wildman–Crippen LogP) is -0.484. The lowest BCUT2D eigenvalue weighted by molar-refractivity contribution is -0.127. The lowest BCUT2D eigenvalue weighted by Crippen LogP contribution is -2.42. The number of carbonyl (C=O) groups is 4. The van der Waals surface area contributed by atoms with Gasteiger partial charge in [0.2, 0.25) is 17.7 Å². The molecule has 3 N–H and O–H groups in total. The second-order valence-electron chi connectivity index (χ2n) is 4.73. The Hall–Kier alpha value is -1.57. The zero-order valence-electron chi connectivity index (χ0n) is 12.8. The second kappa shape index (κ2) is 14.8. The maximum absolute atomic E-state index is 11.1. The summed E-state index contributed by atoms with van der Waals surface area (Å²) in [6, 6.07) is 0. The molecule has 0 unspecified atom stereocenters. The molecule has 0 aliphatic rings. The van der Waals surface area contributed by atoms with Crippen LogP contribution in [0.4, 0.5) is 0 Å². The minimum Gasteiger partial charge on any atom is -0.348 e. The van der Waals surface area contributed by atoms with Crippen molar-refractivity contribution in [2.24, 2.45) is 5.92 Å². The average molecular weight is 319 g/mol. The number of amides is 3. The molecule has 0 saturated carbocycles. The Bertz CT molecular complexity index is 333. The van der Waals surface area contributed by atoms with Gasteiger partial charge in [0.1, 0.15) is 6.29 Å². The zero-order chi connectivity index (χ0) is 16.7. The van der Waals surface area contributed by atoms with E-state index in [1.807, 2.05) is 0 Å². The zero-order valence-corrected chi connectivity index (χ0v) is 13.7. The van der Waals surface area contributed by atoms with Crippen LogP contribution in [-0.2, 0) is 19.2 Å². The minimum atomic E-state index is -0.473. The van der Waals surface area contributed by atoms with Gasteiger partial charge in [-0.2, -0.15) is 12.6 Å². The van der Waals surface area contributed by atoms with Gasteiger partial charge in [0.05, 0.1) is 19.6 Å². The molecule has 0 atom stereocenters. The van der Waals surface area contributed by atoms with Crippen molar-refractivity contribution in [1.82, 2.24) is 16.0 Å². The molecule has 0 spiro atoms. The van der Waals surface area contributed by atoms with Crippen molar-refractivity contribution in [1.29, 1.82) is 0 Å². The monoisotopic (exact) mass is 319 g/mol.